The minimum atomic E-state index is 0.145. The number of nitrogens with zero attached hydrogens (tertiary/aromatic N) is 5. The molecule has 0 amide bonds. The highest BCUT2D eigenvalue weighted by Crippen LogP contribution is 2.45. The second-order valence-corrected chi connectivity index (χ2v) is 25.2. The van der Waals surface area contributed by atoms with Crippen LogP contribution in [-0.2, 0) is 6.42 Å². The van der Waals surface area contributed by atoms with E-state index in [0.717, 1.165) is 73.9 Å². The lowest BCUT2D eigenvalue weighted by molar-refractivity contribution is 0.705. The predicted molar refractivity (Wildman–Crippen MR) is 375 cm³/mol. The Morgan fingerprint density at radius 3 is 2.18 bits per heavy atom. The number of allylic oxidation sites excluding steroid dienone is 13. The van der Waals surface area contributed by atoms with Gasteiger partial charge in [0, 0.05) is 125 Å². The molecule has 0 fully saturated rings. The van der Waals surface area contributed by atoms with Crippen molar-refractivity contribution in [3.05, 3.63) is 287 Å². The van der Waals surface area contributed by atoms with Crippen molar-refractivity contribution >= 4 is 105 Å². The number of aromatic nitrogens is 3. The fourth-order valence-corrected chi connectivity index (χ4v) is 15.4. The maximum Gasteiger partial charge on any atom is 0.0541 e. The molecular formula is C81H66N6S. The van der Waals surface area contributed by atoms with Crippen LogP contribution in [-0.4, -0.2) is 33.1 Å². The first-order valence-corrected chi connectivity index (χ1v) is 32.1. The maximum atomic E-state index is 6.40. The highest BCUT2D eigenvalue weighted by Gasteiger charge is 2.27. The molecule has 7 heteroatoms. The molecule has 16 rings (SSSR count). The maximum absolute atomic E-state index is 6.40. The third kappa shape index (κ3) is 9.71. The van der Waals surface area contributed by atoms with Crippen LogP contribution >= 0.6 is 11.3 Å². The number of hydrogen-bond donors (Lipinski definition) is 1. The average molecular weight is 1160 g/mol. The third-order valence-electron chi connectivity index (χ3n) is 18.9. The molecule has 426 valence electrons. The lowest BCUT2D eigenvalue weighted by atomic mass is 9.84. The number of dihydropyridines is 1. The molecule has 4 aromatic heterocycles. The van der Waals surface area contributed by atoms with Gasteiger partial charge in [-0.2, -0.15) is 0 Å². The normalized spacial score (nSPS) is 18.6. The molecule has 3 unspecified atom stereocenters. The fraction of sp³-hybridized carbons (Fsp3) is 0.148. The zero-order valence-corrected chi connectivity index (χ0v) is 50.2. The predicted octanol–water partition coefficient (Wildman–Crippen LogP) is 20.4. The van der Waals surface area contributed by atoms with Crippen molar-refractivity contribution in [2.24, 2.45) is 27.6 Å². The summed E-state index contributed by atoms with van der Waals surface area (Å²) in [7, 11) is 0. The molecule has 0 bridgehead atoms. The van der Waals surface area contributed by atoms with E-state index in [1.54, 1.807) is 6.20 Å². The van der Waals surface area contributed by atoms with Gasteiger partial charge >= 0.3 is 0 Å². The van der Waals surface area contributed by atoms with Gasteiger partial charge in [-0.25, -0.2) is 0 Å². The van der Waals surface area contributed by atoms with Gasteiger partial charge in [0.15, 0.2) is 0 Å². The molecule has 7 aromatic carbocycles. The molecule has 0 radical (unpaired) electrons. The van der Waals surface area contributed by atoms with Crippen molar-refractivity contribution in [1.29, 1.82) is 0 Å². The van der Waals surface area contributed by atoms with Crippen molar-refractivity contribution in [1.82, 2.24) is 14.1 Å². The lowest BCUT2D eigenvalue weighted by Crippen LogP contribution is -2.14. The zero-order valence-electron chi connectivity index (χ0n) is 49.4. The standard InChI is InChI=1S/C81H66N6S/c1-2-52(35-61(45-82)53-15-7-3-8-16-53)57-23-29-76-70(39-57)71-40-58(65-36-62(46-83-49-65)54-17-9-4-10-18-54)24-30-77(71)86(76)68-27-33-80-74(43-68)75-44-69(28-34-81(75)88-80)87-78-31-25-59(66-37-63(47-84-50-66)55-19-11-5-12-20-55)41-72(78)73-42-60(26-32-79(73)87)67-38-64(48-85-51-67)56-21-13-6-14-22-56/h3-5,7-13,15,17-24,26-30,32-35,37-49,51,53,65-66H,2,6,14,16,25,31,36,50,82H2,1H3/b52-35+,61-45+. The summed E-state index contributed by atoms with van der Waals surface area (Å²) in [4.78, 5) is 14.6. The molecule has 0 saturated carbocycles. The first kappa shape index (κ1) is 53.5. The van der Waals surface area contributed by atoms with E-state index in [9.17, 15) is 0 Å². The number of pyridine rings is 1. The molecule has 6 heterocycles. The Hall–Kier alpha value is -9.95. The van der Waals surface area contributed by atoms with Crippen LogP contribution in [0.5, 0.6) is 0 Å². The first-order chi connectivity index (χ1) is 43.5. The molecular weight excluding hydrogens is 1090 g/mol. The van der Waals surface area contributed by atoms with E-state index in [1.807, 2.05) is 29.9 Å². The van der Waals surface area contributed by atoms with Crippen molar-refractivity contribution in [3.8, 4) is 22.5 Å². The first-order valence-electron chi connectivity index (χ1n) is 31.3. The third-order valence-corrected chi connectivity index (χ3v) is 20.1. The Labute approximate surface area is 517 Å². The summed E-state index contributed by atoms with van der Waals surface area (Å²) in [6, 6.07) is 59.3. The molecule has 0 saturated heterocycles. The summed E-state index contributed by atoms with van der Waals surface area (Å²) in [6.07, 6.45) is 41.7. The highest BCUT2D eigenvalue weighted by atomic mass is 32.1. The van der Waals surface area contributed by atoms with E-state index in [1.165, 1.54) is 126 Å². The molecule has 0 spiro atoms. The Morgan fingerprint density at radius 1 is 0.648 bits per heavy atom. The van der Waals surface area contributed by atoms with E-state index < -0.39 is 0 Å². The molecule has 11 aromatic rings. The molecule has 3 atom stereocenters. The molecule has 3 aliphatic carbocycles. The second kappa shape index (κ2) is 22.7. The van der Waals surface area contributed by atoms with Gasteiger partial charge < -0.3 is 14.9 Å². The highest BCUT2D eigenvalue weighted by molar-refractivity contribution is 7.25. The number of aliphatic imine (C=N–C) groups is 2. The van der Waals surface area contributed by atoms with E-state index in [2.05, 4.69) is 247 Å². The average Bonchev–Trinajstić information content (AvgIpc) is 1.68. The zero-order chi connectivity index (χ0) is 58.7. The Bertz CT molecular complexity index is 5000. The molecule has 6 nitrogen and oxygen atoms in total. The van der Waals surface area contributed by atoms with Crippen molar-refractivity contribution in [3.63, 3.8) is 0 Å². The Kier molecular flexibility index (Phi) is 13.8. The van der Waals surface area contributed by atoms with Crippen molar-refractivity contribution < 1.29 is 0 Å². The van der Waals surface area contributed by atoms with E-state index in [-0.39, 0.29) is 17.8 Å². The lowest BCUT2D eigenvalue weighted by Gasteiger charge is -2.24. The van der Waals surface area contributed by atoms with E-state index >= 15 is 0 Å². The Morgan fingerprint density at radius 2 is 1.41 bits per heavy atom. The summed E-state index contributed by atoms with van der Waals surface area (Å²) in [6.45, 7) is 3.01. The summed E-state index contributed by atoms with van der Waals surface area (Å²) in [5.74, 6) is 0.627. The topological polar surface area (TPSA) is 73.5 Å². The van der Waals surface area contributed by atoms with Crippen LogP contribution in [0.2, 0.25) is 0 Å². The van der Waals surface area contributed by atoms with Crippen LogP contribution in [0.1, 0.15) is 90.4 Å². The van der Waals surface area contributed by atoms with Gasteiger partial charge in [-0.1, -0.05) is 152 Å². The van der Waals surface area contributed by atoms with E-state index in [0.29, 0.717) is 0 Å². The molecule has 5 aliphatic rings. The monoisotopic (exact) mass is 1150 g/mol. The van der Waals surface area contributed by atoms with E-state index in [4.69, 9.17) is 20.7 Å². The van der Waals surface area contributed by atoms with Gasteiger partial charge in [0.05, 0.1) is 16.6 Å². The number of hydrogen-bond acceptors (Lipinski definition) is 5. The van der Waals surface area contributed by atoms with Crippen molar-refractivity contribution in [2.75, 3.05) is 6.54 Å². The number of fused-ring (bicyclic) bond motifs is 9. The van der Waals surface area contributed by atoms with Crippen LogP contribution < -0.4 is 5.73 Å². The quantitative estimate of drug-likeness (QED) is 0.124. The van der Waals surface area contributed by atoms with Gasteiger partial charge in [-0.05, 0) is 186 Å². The summed E-state index contributed by atoms with van der Waals surface area (Å²) in [5, 5.41) is 6.24. The molecule has 2 aliphatic heterocycles. The SMILES string of the molecule is CC/C(=C\C(=C/N)C1C=CC=CC1)c1ccc2c(c1)c1cc(C3C=NC=C(c4ccccc4)C3)ccc1n2-c1ccc2sc3ccc(-n4c5c(c6cc(-c7cncc(C8=CCCC=C8)c7)ccc64)C=C(C4C=C(c6ccccc6)C=NC4)CC5)cc3c2c1. The number of thiophene rings is 1. The minimum absolute atomic E-state index is 0.145. The van der Waals surface area contributed by atoms with Gasteiger partial charge in [-0.15, -0.1) is 11.3 Å². The number of benzene rings is 7. The van der Waals surface area contributed by atoms with Crippen LogP contribution in [0.3, 0.4) is 0 Å². The minimum Gasteiger partial charge on any atom is -0.404 e. The van der Waals surface area contributed by atoms with Gasteiger partial charge in [0.2, 0.25) is 0 Å². The van der Waals surface area contributed by atoms with Crippen LogP contribution in [0.25, 0.3) is 104 Å². The second-order valence-electron chi connectivity index (χ2n) is 24.1. The molecule has 2 N–H and O–H groups in total. The van der Waals surface area contributed by atoms with Gasteiger partial charge in [-0.3, -0.25) is 15.0 Å². The van der Waals surface area contributed by atoms with Gasteiger partial charge in [0.1, 0.15) is 0 Å². The molecule has 88 heavy (non-hydrogen) atoms. The number of nitrogens with two attached hydrogens (primary N) is 1. The number of rotatable bonds is 12. The fourth-order valence-electron chi connectivity index (χ4n) is 14.4. The largest absolute Gasteiger partial charge is 0.404 e. The van der Waals surface area contributed by atoms with Gasteiger partial charge in [0.25, 0.3) is 0 Å². The van der Waals surface area contributed by atoms with Crippen LogP contribution in [0.4, 0.5) is 0 Å². The summed E-state index contributed by atoms with van der Waals surface area (Å²) in [5.41, 5.74) is 30.9. The smallest absolute Gasteiger partial charge is 0.0541 e. The summed E-state index contributed by atoms with van der Waals surface area (Å²) < 4.78 is 7.61. The summed E-state index contributed by atoms with van der Waals surface area (Å²) >= 11 is 1.88. The van der Waals surface area contributed by atoms with Crippen LogP contribution in [0.15, 0.2) is 258 Å². The Balaban J connectivity index is 0.825. The van der Waals surface area contributed by atoms with Crippen molar-refractivity contribution in [2.45, 2.75) is 57.8 Å². The van der Waals surface area contributed by atoms with Crippen LogP contribution in [0, 0.1) is 11.8 Å².